The Bertz CT molecular complexity index is 365. The highest BCUT2D eigenvalue weighted by Gasteiger charge is 2.21. The third-order valence-corrected chi connectivity index (χ3v) is 3.06. The smallest absolute Gasteiger partial charge is 0.311 e. The second-order valence-corrected chi connectivity index (χ2v) is 4.19. The fourth-order valence-electron chi connectivity index (χ4n) is 2.42. The van der Waals surface area contributed by atoms with Gasteiger partial charge in [-0.05, 0) is 19.8 Å². The number of hydrogen-bond donors (Lipinski definition) is 1. The van der Waals surface area contributed by atoms with Gasteiger partial charge in [-0.3, -0.25) is 4.79 Å². The van der Waals surface area contributed by atoms with Crippen molar-refractivity contribution in [2.24, 2.45) is 0 Å². The van der Waals surface area contributed by atoms with Crippen LogP contribution in [0.1, 0.15) is 43.2 Å². The molecule has 0 aromatic carbocycles. The van der Waals surface area contributed by atoms with Crippen molar-refractivity contribution in [3.63, 3.8) is 0 Å². The number of aliphatic carboxylic acids is 1. The quantitative estimate of drug-likeness (QED) is 0.825. The highest BCUT2D eigenvalue weighted by atomic mass is 16.4. The molecule has 1 heterocycles. The number of carboxylic acids is 1. The topological polar surface area (TPSA) is 55.1 Å². The molecule has 4 nitrogen and oxygen atoms in total. The third kappa shape index (κ3) is 2.03. The van der Waals surface area contributed by atoms with Crippen LogP contribution in [0.3, 0.4) is 0 Å². The summed E-state index contributed by atoms with van der Waals surface area (Å²) in [6.45, 7) is 2.00. The number of carboxylic acid groups (broad SMARTS) is 1. The van der Waals surface area contributed by atoms with Crippen LogP contribution in [0.4, 0.5) is 0 Å². The average Bonchev–Trinajstić information content (AvgIpc) is 2.74. The number of nitrogens with zero attached hydrogens (tertiary/aromatic N) is 2. The van der Waals surface area contributed by atoms with Crippen LogP contribution < -0.4 is 0 Å². The van der Waals surface area contributed by atoms with Gasteiger partial charge < -0.3 is 9.67 Å². The van der Waals surface area contributed by atoms with Gasteiger partial charge in [-0.25, -0.2) is 4.98 Å². The maximum absolute atomic E-state index is 10.7. The molecule has 0 aliphatic heterocycles. The SMILES string of the molecule is Cc1cnc(CC(=O)O)n1C1CCCC1. The molecule has 1 aromatic rings. The van der Waals surface area contributed by atoms with E-state index in [1.165, 1.54) is 12.8 Å². The van der Waals surface area contributed by atoms with Gasteiger partial charge in [0.1, 0.15) is 12.2 Å². The summed E-state index contributed by atoms with van der Waals surface area (Å²) in [5.41, 5.74) is 1.08. The van der Waals surface area contributed by atoms with Crippen LogP contribution in [0.15, 0.2) is 6.20 Å². The van der Waals surface area contributed by atoms with E-state index >= 15 is 0 Å². The van der Waals surface area contributed by atoms with E-state index in [1.54, 1.807) is 6.20 Å². The number of aryl methyl sites for hydroxylation is 1. The molecule has 15 heavy (non-hydrogen) atoms. The zero-order chi connectivity index (χ0) is 10.8. The minimum Gasteiger partial charge on any atom is -0.481 e. The Morgan fingerprint density at radius 2 is 2.27 bits per heavy atom. The lowest BCUT2D eigenvalue weighted by atomic mass is 10.2. The molecule has 1 aliphatic rings. The number of rotatable bonds is 3. The van der Waals surface area contributed by atoms with E-state index in [2.05, 4.69) is 9.55 Å². The molecular weight excluding hydrogens is 192 g/mol. The Hall–Kier alpha value is -1.32. The van der Waals surface area contributed by atoms with Crippen molar-refractivity contribution in [1.82, 2.24) is 9.55 Å². The summed E-state index contributed by atoms with van der Waals surface area (Å²) in [7, 11) is 0. The van der Waals surface area contributed by atoms with Gasteiger partial charge in [-0.2, -0.15) is 0 Å². The van der Waals surface area contributed by atoms with Crippen LogP contribution in [-0.2, 0) is 11.2 Å². The first kappa shape index (κ1) is 10.2. The molecule has 0 unspecified atom stereocenters. The lowest BCUT2D eigenvalue weighted by molar-refractivity contribution is -0.136. The predicted molar refractivity (Wildman–Crippen MR) is 55.8 cm³/mol. The monoisotopic (exact) mass is 208 g/mol. The fraction of sp³-hybridized carbons (Fsp3) is 0.636. The summed E-state index contributed by atoms with van der Waals surface area (Å²) >= 11 is 0. The molecule has 1 fully saturated rings. The Labute approximate surface area is 88.9 Å². The Morgan fingerprint density at radius 1 is 1.60 bits per heavy atom. The van der Waals surface area contributed by atoms with Crippen molar-refractivity contribution in [2.75, 3.05) is 0 Å². The molecule has 0 radical (unpaired) electrons. The van der Waals surface area contributed by atoms with Crippen LogP contribution in [0.2, 0.25) is 0 Å². The minimum absolute atomic E-state index is 0.0321. The molecule has 1 saturated carbocycles. The summed E-state index contributed by atoms with van der Waals surface area (Å²) in [5.74, 6) is -0.105. The standard InChI is InChI=1S/C11H16N2O2/c1-8-7-12-10(6-11(14)15)13(8)9-4-2-3-5-9/h7,9H,2-6H2,1H3,(H,14,15). The largest absolute Gasteiger partial charge is 0.481 e. The number of carbonyl (C=O) groups is 1. The molecule has 1 aliphatic carbocycles. The van der Waals surface area contributed by atoms with Crippen molar-refractivity contribution in [3.8, 4) is 0 Å². The maximum atomic E-state index is 10.7. The van der Waals surface area contributed by atoms with Gasteiger partial charge in [-0.15, -0.1) is 0 Å². The Balaban J connectivity index is 2.26. The molecule has 2 rings (SSSR count). The summed E-state index contributed by atoms with van der Waals surface area (Å²) in [6, 6.07) is 0.474. The van der Waals surface area contributed by atoms with Gasteiger partial charge in [-0.1, -0.05) is 12.8 Å². The van der Waals surface area contributed by atoms with E-state index in [9.17, 15) is 4.79 Å². The lowest BCUT2D eigenvalue weighted by Crippen LogP contribution is -2.14. The van der Waals surface area contributed by atoms with Crippen molar-refractivity contribution >= 4 is 5.97 Å². The number of imidazole rings is 1. The summed E-state index contributed by atoms with van der Waals surface area (Å²) in [5, 5.41) is 8.79. The van der Waals surface area contributed by atoms with Crippen molar-refractivity contribution < 1.29 is 9.90 Å². The Kier molecular flexibility index (Phi) is 2.75. The van der Waals surface area contributed by atoms with E-state index in [0.29, 0.717) is 11.9 Å². The first-order valence-corrected chi connectivity index (χ1v) is 5.43. The number of aromatic nitrogens is 2. The second kappa shape index (κ2) is 4.04. The average molecular weight is 208 g/mol. The van der Waals surface area contributed by atoms with Crippen LogP contribution in [0.25, 0.3) is 0 Å². The van der Waals surface area contributed by atoms with Gasteiger partial charge in [0.2, 0.25) is 0 Å². The molecule has 0 spiro atoms. The van der Waals surface area contributed by atoms with E-state index < -0.39 is 5.97 Å². The summed E-state index contributed by atoms with van der Waals surface area (Å²) < 4.78 is 2.11. The van der Waals surface area contributed by atoms with Crippen molar-refractivity contribution in [1.29, 1.82) is 0 Å². The number of hydrogen-bond acceptors (Lipinski definition) is 2. The Morgan fingerprint density at radius 3 is 2.87 bits per heavy atom. The van der Waals surface area contributed by atoms with E-state index in [0.717, 1.165) is 18.5 Å². The van der Waals surface area contributed by atoms with Crippen LogP contribution in [-0.4, -0.2) is 20.6 Å². The molecule has 82 valence electrons. The third-order valence-electron chi connectivity index (χ3n) is 3.06. The van der Waals surface area contributed by atoms with Crippen LogP contribution in [0.5, 0.6) is 0 Å². The molecule has 1 N–H and O–H groups in total. The van der Waals surface area contributed by atoms with Crippen molar-refractivity contribution in [3.05, 3.63) is 17.7 Å². The van der Waals surface area contributed by atoms with E-state index in [-0.39, 0.29) is 6.42 Å². The van der Waals surface area contributed by atoms with Gasteiger partial charge in [0.15, 0.2) is 0 Å². The van der Waals surface area contributed by atoms with Gasteiger partial charge >= 0.3 is 5.97 Å². The molecule has 0 atom stereocenters. The fourth-order valence-corrected chi connectivity index (χ4v) is 2.42. The maximum Gasteiger partial charge on any atom is 0.311 e. The highest BCUT2D eigenvalue weighted by molar-refractivity contribution is 5.69. The molecule has 1 aromatic heterocycles. The molecule has 0 saturated heterocycles. The molecule has 0 bridgehead atoms. The van der Waals surface area contributed by atoms with Crippen LogP contribution in [0, 0.1) is 6.92 Å². The molecule has 4 heteroatoms. The summed E-state index contributed by atoms with van der Waals surface area (Å²) in [6.07, 6.45) is 6.61. The zero-order valence-corrected chi connectivity index (χ0v) is 8.94. The van der Waals surface area contributed by atoms with Crippen molar-refractivity contribution in [2.45, 2.75) is 45.1 Å². The first-order valence-electron chi connectivity index (χ1n) is 5.43. The predicted octanol–water partition coefficient (Wildman–Crippen LogP) is 1.93. The van der Waals surface area contributed by atoms with E-state index in [1.807, 2.05) is 6.92 Å². The second-order valence-electron chi connectivity index (χ2n) is 4.19. The highest BCUT2D eigenvalue weighted by Crippen LogP contribution is 2.31. The van der Waals surface area contributed by atoms with Crippen LogP contribution >= 0.6 is 0 Å². The minimum atomic E-state index is -0.806. The molecular formula is C11H16N2O2. The zero-order valence-electron chi connectivity index (χ0n) is 8.94. The molecule has 0 amide bonds. The van der Waals surface area contributed by atoms with Gasteiger partial charge in [0, 0.05) is 17.9 Å². The normalized spacial score (nSPS) is 17.1. The first-order chi connectivity index (χ1) is 7.18. The lowest BCUT2D eigenvalue weighted by Gasteiger charge is -2.16. The summed E-state index contributed by atoms with van der Waals surface area (Å²) in [4.78, 5) is 14.9. The van der Waals surface area contributed by atoms with Gasteiger partial charge in [0.25, 0.3) is 0 Å². The van der Waals surface area contributed by atoms with E-state index in [4.69, 9.17) is 5.11 Å². The van der Waals surface area contributed by atoms with Gasteiger partial charge in [0.05, 0.1) is 0 Å².